The van der Waals surface area contributed by atoms with Crippen molar-refractivity contribution in [2.75, 3.05) is 39.3 Å². The Labute approximate surface area is 619 Å². The highest BCUT2D eigenvalue weighted by atomic mass is 16.2. The standard InChI is InChI=1S/C72H94N26O10/c73-69(74)81-25-9-21-51-61(101)89-38-60(100)92-56(30-40-34-86-48-18-6-2-14-44(40)48)66(106)97-58(32-42-36-88-50-20-8-4-16-46(42)50)68(108)98-57(31-41-35-87-49-19-7-3-15-45(41)49)67(107)96-55(29-39-33-85-47-17-5-1-13-43(39)47)62(102)90-37-59(99)91-52(22-10-26-82-70(75)76)63(103)94-54(24-12-28-84-72(79)80)65(105)95-53(64(104)93-51)23-11-27-83-71(77)78/h1-8,13-20,33-36,51-58,85-88H,9-12,21-32,37-38H2,(H,89,101)(H,90,102)(H,91,99)(H,92,100)(H,93,104)(H,94,103)(H,95,105)(H,96,107)(H,97,106)(H,98,108)(H4,73,74,81)(H4,75,76,82)(H4,77,78,83)(H4,79,80,84)/t51-,52-,53-,54-,55-,56-,57-,58-/m0/s1. The molecular weight excluding hydrogens is 1390 g/mol. The number of fused-ring (bicyclic) bond motifs is 4. The first-order chi connectivity index (χ1) is 52.0. The van der Waals surface area contributed by atoms with Crippen molar-refractivity contribution in [2.24, 2.45) is 22.9 Å². The number of nitrogens with two attached hydrogens (primary N) is 4. The molecule has 36 nitrogen and oxygen atoms in total. The van der Waals surface area contributed by atoms with Crippen LogP contribution in [-0.2, 0) is 73.6 Å². The van der Waals surface area contributed by atoms with Crippen LogP contribution in [0.15, 0.2) is 122 Å². The van der Waals surface area contributed by atoms with Crippen LogP contribution in [0.1, 0.15) is 73.6 Å². The number of nitrogens with one attached hydrogen (secondary N) is 22. The van der Waals surface area contributed by atoms with Gasteiger partial charge in [0.2, 0.25) is 59.1 Å². The molecule has 10 amide bonds. The molecule has 572 valence electrons. The van der Waals surface area contributed by atoms with Gasteiger partial charge in [0.1, 0.15) is 48.3 Å². The molecule has 0 radical (unpaired) electrons. The van der Waals surface area contributed by atoms with Crippen molar-refractivity contribution in [3.05, 3.63) is 144 Å². The maximum atomic E-state index is 15.6. The molecule has 0 bridgehead atoms. The SMILES string of the molecule is N=C(N)NCCC[C@@H]1NC(=O)CNC(=O)[C@H](Cc2c[nH]c3ccccc23)NC(=O)[C@H](Cc2c[nH]c3ccccc23)NC(=O)[C@H](Cc2c[nH]c3ccccc23)NC(=O)[C@H](Cc2c[nH]c3ccccc23)NC(=O)CNC(=O)[C@H](CCCNC(=N)N)NC(=O)[C@H](CCCNC(=N)N)NC(=O)[C@H](CCCNC(=N)N)NC1=O. The van der Waals surface area contributed by atoms with Gasteiger partial charge in [-0.1, -0.05) is 72.8 Å². The number of carbonyl (C=O) groups excluding carboxylic acids is 10. The van der Waals surface area contributed by atoms with E-state index in [9.17, 15) is 33.6 Å². The summed E-state index contributed by atoms with van der Waals surface area (Å²) < 4.78 is 0. The summed E-state index contributed by atoms with van der Waals surface area (Å²) in [6.07, 6.45) is 5.72. The topological polar surface area (TPSA) is 602 Å². The number of hydrogen-bond acceptors (Lipinski definition) is 14. The van der Waals surface area contributed by atoms with Crippen LogP contribution >= 0.6 is 0 Å². The van der Waals surface area contributed by atoms with Crippen LogP contribution in [0.25, 0.3) is 43.6 Å². The van der Waals surface area contributed by atoms with Crippen molar-refractivity contribution < 1.29 is 47.9 Å². The molecule has 0 saturated carbocycles. The third-order valence-corrected chi connectivity index (χ3v) is 18.3. The van der Waals surface area contributed by atoms with E-state index < -0.39 is 132 Å². The van der Waals surface area contributed by atoms with E-state index in [1.54, 1.807) is 49.1 Å². The summed E-state index contributed by atoms with van der Waals surface area (Å²) in [6, 6.07) is 17.1. The van der Waals surface area contributed by atoms with Gasteiger partial charge in [-0.25, -0.2) is 0 Å². The molecule has 8 aromatic rings. The highest BCUT2D eigenvalue weighted by Gasteiger charge is 2.36. The molecule has 108 heavy (non-hydrogen) atoms. The summed E-state index contributed by atoms with van der Waals surface area (Å²) in [5.41, 5.74) is 27.4. The maximum absolute atomic E-state index is 15.6. The fraction of sp³-hybridized carbons (Fsp3) is 0.361. The van der Waals surface area contributed by atoms with Crippen molar-refractivity contribution in [3.63, 3.8) is 0 Å². The van der Waals surface area contributed by atoms with Crippen LogP contribution in [0.3, 0.4) is 0 Å². The number of para-hydroxylation sites is 4. The van der Waals surface area contributed by atoms with Crippen molar-refractivity contribution in [2.45, 2.75) is 125 Å². The molecule has 1 aliphatic rings. The van der Waals surface area contributed by atoms with Crippen molar-refractivity contribution >= 4 is 127 Å². The Morgan fingerprint density at radius 3 is 0.806 bits per heavy atom. The maximum Gasteiger partial charge on any atom is 0.243 e. The summed E-state index contributed by atoms with van der Waals surface area (Å²) >= 11 is 0. The molecule has 0 unspecified atom stereocenters. The molecule has 0 aliphatic carbocycles. The van der Waals surface area contributed by atoms with Gasteiger partial charge < -0.3 is 117 Å². The highest BCUT2D eigenvalue weighted by Crippen LogP contribution is 2.25. The van der Waals surface area contributed by atoms with Gasteiger partial charge in [0.05, 0.1) is 13.1 Å². The minimum Gasteiger partial charge on any atom is -0.370 e. The van der Waals surface area contributed by atoms with Crippen molar-refractivity contribution in [1.82, 2.24) is 94.4 Å². The van der Waals surface area contributed by atoms with E-state index in [0.29, 0.717) is 65.9 Å². The van der Waals surface area contributed by atoms with Crippen LogP contribution < -0.4 is 97.4 Å². The number of hydrogen-bond donors (Lipinski definition) is 26. The third-order valence-electron chi connectivity index (χ3n) is 18.3. The van der Waals surface area contributed by atoms with Gasteiger partial charge in [0, 0.05) is 120 Å². The molecule has 30 N–H and O–H groups in total. The van der Waals surface area contributed by atoms with E-state index in [1.807, 2.05) is 72.8 Å². The smallest absolute Gasteiger partial charge is 0.243 e. The number of guanidine groups is 4. The number of aromatic amines is 4. The van der Waals surface area contributed by atoms with E-state index in [0.717, 1.165) is 0 Å². The van der Waals surface area contributed by atoms with Crippen LogP contribution in [0.5, 0.6) is 0 Å². The first-order valence-electron chi connectivity index (χ1n) is 35.4. The van der Waals surface area contributed by atoms with E-state index in [-0.39, 0.29) is 115 Å². The summed E-state index contributed by atoms with van der Waals surface area (Å²) in [7, 11) is 0. The Morgan fingerprint density at radius 1 is 0.306 bits per heavy atom. The minimum atomic E-state index is -1.51. The Bertz CT molecular complexity index is 4390. The Hall–Kier alpha value is -13.2. The molecule has 5 heterocycles. The van der Waals surface area contributed by atoms with E-state index in [4.69, 9.17) is 44.6 Å². The van der Waals surface area contributed by atoms with Crippen LogP contribution in [0, 0.1) is 21.6 Å². The fourth-order valence-corrected chi connectivity index (χ4v) is 12.8. The van der Waals surface area contributed by atoms with Crippen LogP contribution in [0.2, 0.25) is 0 Å². The Balaban J connectivity index is 1.12. The van der Waals surface area contributed by atoms with Gasteiger partial charge in [-0.05, 0) is 97.9 Å². The molecule has 1 saturated heterocycles. The minimum absolute atomic E-state index is 0.0333. The Kier molecular flexibility index (Phi) is 28.2. The third kappa shape index (κ3) is 22.9. The van der Waals surface area contributed by atoms with Gasteiger partial charge in [-0.2, -0.15) is 0 Å². The molecule has 1 fully saturated rings. The van der Waals surface area contributed by atoms with Gasteiger partial charge in [-0.15, -0.1) is 0 Å². The average molecular weight is 1480 g/mol. The first kappa shape index (κ1) is 78.9. The van der Waals surface area contributed by atoms with Gasteiger partial charge in [0.25, 0.3) is 0 Å². The zero-order chi connectivity index (χ0) is 77.2. The lowest BCUT2D eigenvalue weighted by Gasteiger charge is -2.27. The second-order valence-corrected chi connectivity index (χ2v) is 26.2. The number of carbonyl (C=O) groups is 10. The second kappa shape index (κ2) is 38.5. The van der Waals surface area contributed by atoms with Crippen molar-refractivity contribution in [3.8, 4) is 0 Å². The van der Waals surface area contributed by atoms with Crippen LogP contribution in [0.4, 0.5) is 0 Å². The van der Waals surface area contributed by atoms with E-state index in [1.165, 1.54) is 0 Å². The molecule has 9 rings (SSSR count). The number of H-pyrrole nitrogens is 4. The zero-order valence-corrected chi connectivity index (χ0v) is 59.3. The van der Waals surface area contributed by atoms with Gasteiger partial charge >= 0.3 is 0 Å². The number of benzene rings is 4. The molecular formula is C72H94N26O10. The Morgan fingerprint density at radius 2 is 0.519 bits per heavy atom. The summed E-state index contributed by atoms with van der Waals surface area (Å²) in [6.45, 7) is -1.42. The average Bonchev–Trinajstić information content (AvgIpc) is 1.51. The van der Waals surface area contributed by atoms with Crippen LogP contribution in [-0.4, -0.2) is 190 Å². The van der Waals surface area contributed by atoms with E-state index in [2.05, 4.69) is 94.4 Å². The lowest BCUT2D eigenvalue weighted by molar-refractivity contribution is -0.135. The monoisotopic (exact) mass is 1480 g/mol. The summed E-state index contributed by atoms with van der Waals surface area (Å²) in [5, 5.41) is 71.6. The quantitative estimate of drug-likeness (QED) is 0.0178. The first-order valence-corrected chi connectivity index (χ1v) is 35.4. The molecule has 4 aromatic carbocycles. The highest BCUT2D eigenvalue weighted by molar-refractivity contribution is 6.00. The molecule has 4 aromatic heterocycles. The predicted molar refractivity (Wildman–Crippen MR) is 406 cm³/mol. The lowest BCUT2D eigenvalue weighted by atomic mass is 9.99. The fourth-order valence-electron chi connectivity index (χ4n) is 12.8. The summed E-state index contributed by atoms with van der Waals surface area (Å²) in [4.78, 5) is 162. The molecule has 36 heteroatoms. The molecule has 8 atom stereocenters. The number of amides is 10. The molecule has 0 spiro atoms. The van der Waals surface area contributed by atoms with Gasteiger partial charge in [0.15, 0.2) is 23.8 Å². The normalized spacial score (nSPS) is 20.1. The zero-order valence-electron chi connectivity index (χ0n) is 59.3. The van der Waals surface area contributed by atoms with E-state index >= 15 is 14.4 Å². The largest absolute Gasteiger partial charge is 0.370 e. The summed E-state index contributed by atoms with van der Waals surface area (Å²) in [5.74, 6) is -10.5. The second-order valence-electron chi connectivity index (χ2n) is 26.2. The predicted octanol–water partition coefficient (Wildman–Crippen LogP) is -1.94. The van der Waals surface area contributed by atoms with Gasteiger partial charge in [-0.3, -0.25) is 69.6 Å². The molecule has 1 aliphatic heterocycles. The number of rotatable bonds is 24. The van der Waals surface area contributed by atoms with Crippen molar-refractivity contribution in [1.29, 1.82) is 21.6 Å². The lowest BCUT2D eigenvalue weighted by Crippen LogP contribution is -2.60. The number of aromatic nitrogens is 4.